The predicted octanol–water partition coefficient (Wildman–Crippen LogP) is 3.62. The SMILES string of the molecule is C[C@H]1CN=N[C@@]12C(=O)N(c1ccccc1)[C@H]2c1ccccc1. The molecule has 1 spiro atoms. The molecule has 0 N–H and O–H groups in total. The molecule has 4 rings (SSSR count). The minimum atomic E-state index is -0.725. The highest BCUT2D eigenvalue weighted by atomic mass is 16.2. The van der Waals surface area contributed by atoms with Gasteiger partial charge < -0.3 is 0 Å². The number of β-lactam (4-membered cyclic amide) rings is 1. The van der Waals surface area contributed by atoms with Gasteiger partial charge in [0, 0.05) is 11.6 Å². The molecule has 4 nitrogen and oxygen atoms in total. The number of para-hydroxylation sites is 1. The minimum absolute atomic E-state index is 0.0568. The van der Waals surface area contributed by atoms with Gasteiger partial charge in [0.15, 0.2) is 5.54 Å². The van der Waals surface area contributed by atoms with Gasteiger partial charge in [0.2, 0.25) is 0 Å². The standard InChI is InChI=1S/C18H17N3O/c1-13-12-19-20-18(13)16(14-8-4-2-5-9-14)21(17(18)22)15-10-6-3-7-11-15/h2-11,13,16H,12H2,1H3/t13-,16-,18-/m0/s1. The Morgan fingerprint density at radius 2 is 1.68 bits per heavy atom. The molecule has 2 heterocycles. The summed E-state index contributed by atoms with van der Waals surface area (Å²) in [5.74, 6) is 0.187. The summed E-state index contributed by atoms with van der Waals surface area (Å²) in [6.45, 7) is 2.69. The van der Waals surface area contributed by atoms with E-state index in [1.54, 1.807) is 0 Å². The molecule has 0 bridgehead atoms. The van der Waals surface area contributed by atoms with Crippen molar-refractivity contribution in [1.29, 1.82) is 0 Å². The number of hydrogen-bond donors (Lipinski definition) is 0. The Hall–Kier alpha value is -2.49. The van der Waals surface area contributed by atoms with E-state index in [1.165, 1.54) is 0 Å². The number of hydrogen-bond acceptors (Lipinski definition) is 3. The average molecular weight is 291 g/mol. The number of anilines is 1. The number of rotatable bonds is 2. The maximum absolute atomic E-state index is 13.0. The van der Waals surface area contributed by atoms with Crippen molar-refractivity contribution >= 4 is 11.6 Å². The fourth-order valence-corrected chi connectivity index (χ4v) is 3.55. The molecular formula is C18H17N3O. The Morgan fingerprint density at radius 3 is 2.27 bits per heavy atom. The maximum Gasteiger partial charge on any atom is 0.260 e. The topological polar surface area (TPSA) is 45.0 Å². The summed E-state index contributed by atoms with van der Waals surface area (Å²) in [5.41, 5.74) is 1.30. The molecule has 2 aliphatic heterocycles. The first kappa shape index (κ1) is 13.2. The monoisotopic (exact) mass is 291 g/mol. The zero-order chi connectivity index (χ0) is 15.2. The Kier molecular flexibility index (Phi) is 2.86. The number of carbonyl (C=O) groups excluding carboxylic acids is 1. The summed E-state index contributed by atoms with van der Waals surface area (Å²) in [4.78, 5) is 14.8. The van der Waals surface area contributed by atoms with Crippen molar-refractivity contribution in [2.45, 2.75) is 18.5 Å². The van der Waals surface area contributed by atoms with Crippen LogP contribution in [0.5, 0.6) is 0 Å². The molecule has 2 aromatic carbocycles. The van der Waals surface area contributed by atoms with Crippen LogP contribution >= 0.6 is 0 Å². The van der Waals surface area contributed by atoms with Crippen LogP contribution in [0, 0.1) is 5.92 Å². The van der Waals surface area contributed by atoms with Crippen LogP contribution in [0.1, 0.15) is 18.5 Å². The Labute approximate surface area is 129 Å². The molecule has 1 saturated heterocycles. The number of benzene rings is 2. The number of azo groups is 1. The zero-order valence-electron chi connectivity index (χ0n) is 12.4. The molecule has 4 heteroatoms. The smallest absolute Gasteiger partial charge is 0.260 e. The lowest BCUT2D eigenvalue weighted by Gasteiger charge is -2.53. The van der Waals surface area contributed by atoms with E-state index < -0.39 is 5.54 Å². The third-order valence-electron chi connectivity index (χ3n) is 4.73. The van der Waals surface area contributed by atoms with Crippen LogP contribution in [-0.2, 0) is 4.79 Å². The van der Waals surface area contributed by atoms with Gasteiger partial charge in [0.1, 0.15) is 0 Å². The van der Waals surface area contributed by atoms with Crippen LogP contribution in [-0.4, -0.2) is 18.0 Å². The summed E-state index contributed by atoms with van der Waals surface area (Å²) in [6, 6.07) is 19.9. The van der Waals surface area contributed by atoms with Crippen molar-refractivity contribution < 1.29 is 4.79 Å². The van der Waals surface area contributed by atoms with Crippen molar-refractivity contribution in [2.24, 2.45) is 16.1 Å². The second-order valence-corrected chi connectivity index (χ2v) is 5.97. The molecule has 110 valence electrons. The summed E-state index contributed by atoms with van der Waals surface area (Å²) in [7, 11) is 0. The van der Waals surface area contributed by atoms with E-state index in [1.807, 2.05) is 53.4 Å². The largest absolute Gasteiger partial charge is 0.300 e. The van der Waals surface area contributed by atoms with Crippen molar-refractivity contribution in [3.05, 3.63) is 66.2 Å². The van der Waals surface area contributed by atoms with Gasteiger partial charge in [0.05, 0.1) is 12.6 Å². The van der Waals surface area contributed by atoms with E-state index >= 15 is 0 Å². The maximum atomic E-state index is 13.0. The van der Waals surface area contributed by atoms with Gasteiger partial charge in [0.25, 0.3) is 5.91 Å². The Morgan fingerprint density at radius 1 is 1.05 bits per heavy atom. The lowest BCUT2D eigenvalue weighted by atomic mass is 9.68. The van der Waals surface area contributed by atoms with Gasteiger partial charge in [-0.15, -0.1) is 0 Å². The van der Waals surface area contributed by atoms with Gasteiger partial charge in [-0.1, -0.05) is 55.5 Å². The fraction of sp³-hybridized carbons (Fsp3) is 0.278. The van der Waals surface area contributed by atoms with Crippen LogP contribution in [0.3, 0.4) is 0 Å². The van der Waals surface area contributed by atoms with E-state index in [0.717, 1.165) is 11.3 Å². The second-order valence-electron chi connectivity index (χ2n) is 5.97. The number of carbonyl (C=O) groups is 1. The lowest BCUT2D eigenvalue weighted by molar-refractivity contribution is -0.134. The van der Waals surface area contributed by atoms with Gasteiger partial charge in [-0.2, -0.15) is 10.2 Å². The highest BCUT2D eigenvalue weighted by Gasteiger charge is 2.66. The van der Waals surface area contributed by atoms with E-state index in [9.17, 15) is 4.79 Å². The minimum Gasteiger partial charge on any atom is -0.300 e. The molecule has 0 saturated carbocycles. The summed E-state index contributed by atoms with van der Waals surface area (Å²) in [6.07, 6.45) is 0. The Bertz CT molecular complexity index is 729. The van der Waals surface area contributed by atoms with Crippen molar-refractivity contribution in [3.8, 4) is 0 Å². The van der Waals surface area contributed by atoms with Gasteiger partial charge in [-0.05, 0) is 17.7 Å². The molecule has 0 radical (unpaired) electrons. The van der Waals surface area contributed by atoms with Crippen LogP contribution in [0.2, 0.25) is 0 Å². The first-order valence-electron chi connectivity index (χ1n) is 7.57. The first-order valence-corrected chi connectivity index (χ1v) is 7.57. The Balaban J connectivity index is 1.83. The molecular weight excluding hydrogens is 274 g/mol. The third-order valence-corrected chi connectivity index (χ3v) is 4.73. The van der Waals surface area contributed by atoms with Crippen molar-refractivity contribution in [3.63, 3.8) is 0 Å². The molecule has 22 heavy (non-hydrogen) atoms. The lowest BCUT2D eigenvalue weighted by Crippen LogP contribution is -2.69. The quantitative estimate of drug-likeness (QED) is 0.779. The molecule has 1 amide bonds. The van der Waals surface area contributed by atoms with Crippen LogP contribution in [0.25, 0.3) is 0 Å². The summed E-state index contributed by atoms with van der Waals surface area (Å²) >= 11 is 0. The number of amides is 1. The number of nitrogens with zero attached hydrogens (tertiary/aromatic N) is 3. The van der Waals surface area contributed by atoms with E-state index in [-0.39, 0.29) is 17.9 Å². The molecule has 0 aliphatic carbocycles. The average Bonchev–Trinajstić information content (AvgIpc) is 2.97. The van der Waals surface area contributed by atoms with Crippen LogP contribution in [0.4, 0.5) is 5.69 Å². The second kappa shape index (κ2) is 4.77. The van der Waals surface area contributed by atoms with Gasteiger partial charge in [-0.3, -0.25) is 9.69 Å². The van der Waals surface area contributed by atoms with Crippen molar-refractivity contribution in [2.75, 3.05) is 11.4 Å². The van der Waals surface area contributed by atoms with E-state index in [0.29, 0.717) is 6.54 Å². The van der Waals surface area contributed by atoms with E-state index in [2.05, 4.69) is 29.3 Å². The predicted molar refractivity (Wildman–Crippen MR) is 84.7 cm³/mol. The fourth-order valence-electron chi connectivity index (χ4n) is 3.55. The third kappa shape index (κ3) is 1.61. The van der Waals surface area contributed by atoms with Gasteiger partial charge in [-0.25, -0.2) is 0 Å². The van der Waals surface area contributed by atoms with Gasteiger partial charge >= 0.3 is 0 Å². The highest BCUT2D eigenvalue weighted by Crippen LogP contribution is 2.54. The van der Waals surface area contributed by atoms with Crippen LogP contribution in [0.15, 0.2) is 70.9 Å². The zero-order valence-corrected chi connectivity index (χ0v) is 12.4. The highest BCUT2D eigenvalue weighted by molar-refractivity contribution is 6.09. The molecule has 3 atom stereocenters. The normalized spacial score (nSPS) is 29.9. The molecule has 1 fully saturated rings. The van der Waals surface area contributed by atoms with Crippen molar-refractivity contribution in [1.82, 2.24) is 0 Å². The summed E-state index contributed by atoms with van der Waals surface area (Å²) < 4.78 is 0. The van der Waals surface area contributed by atoms with E-state index in [4.69, 9.17) is 0 Å². The molecule has 2 aromatic rings. The summed E-state index contributed by atoms with van der Waals surface area (Å²) in [5, 5.41) is 8.57. The molecule has 0 aromatic heterocycles. The molecule has 0 unspecified atom stereocenters. The first-order chi connectivity index (χ1) is 10.7. The van der Waals surface area contributed by atoms with Crippen LogP contribution < -0.4 is 4.90 Å². The molecule has 2 aliphatic rings.